The zero-order chi connectivity index (χ0) is 44.4. The molecule has 0 bridgehead atoms. The fraction of sp³-hybridized carbons (Fsp3) is 0.375. The summed E-state index contributed by atoms with van der Waals surface area (Å²) in [6.45, 7) is 5.02. The normalized spacial score (nSPS) is 21.8. The molecule has 3 aliphatic heterocycles. The molecule has 7 atom stereocenters. The molecule has 5 heterocycles. The molecule has 0 spiro atoms. The van der Waals surface area contributed by atoms with Crippen LogP contribution >= 0.6 is 0 Å². The topological polar surface area (TPSA) is 204 Å². The molecule has 6 aromatic rings. The van der Waals surface area contributed by atoms with Crippen LogP contribution in [0.1, 0.15) is 74.0 Å². The minimum absolute atomic E-state index is 0.0288. The summed E-state index contributed by atoms with van der Waals surface area (Å²) >= 11 is 0. The third-order valence-corrected chi connectivity index (χ3v) is 13.4. The molecular weight excluding hydrogens is 817 g/mol. The third-order valence-electron chi connectivity index (χ3n) is 13.4. The van der Waals surface area contributed by atoms with E-state index in [0.29, 0.717) is 43.5 Å². The molecule has 4 aliphatic rings. The number of rotatable bonds is 11. The van der Waals surface area contributed by atoms with Gasteiger partial charge >= 0.3 is 12.2 Å². The van der Waals surface area contributed by atoms with Crippen LogP contribution in [0.5, 0.6) is 5.75 Å². The molecule has 64 heavy (non-hydrogen) atoms. The number of methoxy groups -OCH3 is 2. The van der Waals surface area contributed by atoms with E-state index in [-0.39, 0.29) is 35.7 Å². The Morgan fingerprint density at radius 1 is 0.906 bits per heavy atom. The van der Waals surface area contributed by atoms with Crippen molar-refractivity contribution in [3.8, 4) is 28.1 Å². The monoisotopic (exact) mass is 866 g/mol. The number of aromatic nitrogens is 4. The second-order valence-corrected chi connectivity index (χ2v) is 17.8. The number of carbonyl (C=O) groups is 4. The Labute approximate surface area is 368 Å². The summed E-state index contributed by atoms with van der Waals surface area (Å²) in [7, 11) is 2.93. The van der Waals surface area contributed by atoms with Gasteiger partial charge in [-0.25, -0.2) is 19.6 Å². The molecule has 3 fully saturated rings. The number of H-pyrrole nitrogens is 2. The van der Waals surface area contributed by atoms with Crippen molar-refractivity contribution in [2.24, 2.45) is 17.8 Å². The van der Waals surface area contributed by atoms with E-state index in [1.165, 1.54) is 7.11 Å². The Morgan fingerprint density at radius 3 is 2.50 bits per heavy atom. The largest absolute Gasteiger partial charge is 0.488 e. The predicted octanol–water partition coefficient (Wildman–Crippen LogP) is 7.25. The predicted molar refractivity (Wildman–Crippen MR) is 236 cm³/mol. The zero-order valence-electron chi connectivity index (χ0n) is 36.0. The number of fused-ring (bicyclic) bond motifs is 7. The van der Waals surface area contributed by atoms with E-state index >= 15 is 0 Å². The molecule has 2 saturated heterocycles. The van der Waals surface area contributed by atoms with Gasteiger partial charge in [-0.2, -0.15) is 0 Å². The van der Waals surface area contributed by atoms with E-state index in [1.807, 2.05) is 49.2 Å². The maximum absolute atomic E-state index is 14.3. The standard InChI is InChI=1S/C48H50N8O8/c1-24(2)40(54-48(61)63-4)46(58)56-36-17-29(36)18-38(56)43-49-20-35(51-43)28-10-12-31-30(15-28)23-64-39-19-32-27(16-33(31)39)11-13-34-42(32)52-44(50-34)37-14-25(22-62-3)21-55(37)45(57)41(53-47(59)60)26-8-6-5-7-9-26/h5-13,15-16,19-20,24-25,29,36-38,40-41,53H,14,17-18,21-23H2,1-4H3,(H,49,51)(H,50,52)(H,54,61)(H,59,60). The van der Waals surface area contributed by atoms with Crippen molar-refractivity contribution in [2.75, 3.05) is 27.4 Å². The van der Waals surface area contributed by atoms with Gasteiger partial charge in [-0.05, 0) is 83.0 Å². The summed E-state index contributed by atoms with van der Waals surface area (Å²) in [6.07, 6.45) is 2.27. The quantitative estimate of drug-likeness (QED) is 0.0882. The van der Waals surface area contributed by atoms with Gasteiger partial charge in [-0.1, -0.05) is 62.4 Å². The lowest BCUT2D eigenvalue weighted by atomic mass is 9.92. The maximum Gasteiger partial charge on any atom is 0.407 e. The van der Waals surface area contributed by atoms with Crippen LogP contribution < -0.4 is 15.4 Å². The van der Waals surface area contributed by atoms with Crippen molar-refractivity contribution < 1.29 is 38.5 Å². The van der Waals surface area contributed by atoms with Crippen LogP contribution in [0.3, 0.4) is 0 Å². The number of ether oxygens (including phenoxy) is 3. The van der Waals surface area contributed by atoms with Crippen molar-refractivity contribution in [1.82, 2.24) is 40.4 Å². The van der Waals surface area contributed by atoms with Crippen LogP contribution in [0.2, 0.25) is 0 Å². The molecule has 1 saturated carbocycles. The fourth-order valence-electron chi connectivity index (χ4n) is 10.2. The lowest BCUT2D eigenvalue weighted by molar-refractivity contribution is -0.137. The molecule has 4 aromatic carbocycles. The Morgan fingerprint density at radius 2 is 1.73 bits per heavy atom. The number of amides is 4. The van der Waals surface area contributed by atoms with E-state index in [9.17, 15) is 24.3 Å². The summed E-state index contributed by atoms with van der Waals surface area (Å²) in [6, 6.07) is 21.1. The van der Waals surface area contributed by atoms with Gasteiger partial charge in [0, 0.05) is 36.6 Å². The average molecular weight is 867 g/mol. The molecule has 10 rings (SSSR count). The SMILES string of the molecule is COCC1CC(c2nc3ccc4cc5c(cc4c3[nH]2)OCc2cc(-c3cnc(C4CC6CC6N4C(=O)C(NC(=O)OC)C(C)C)[nH]3)ccc2-5)N(C(=O)C(NC(=O)O)c2ccccc2)C1. The van der Waals surface area contributed by atoms with Gasteiger partial charge in [0.25, 0.3) is 5.91 Å². The highest BCUT2D eigenvalue weighted by Crippen LogP contribution is 2.53. The Kier molecular flexibility index (Phi) is 10.5. The zero-order valence-corrected chi connectivity index (χ0v) is 36.0. The fourth-order valence-corrected chi connectivity index (χ4v) is 10.2. The van der Waals surface area contributed by atoms with E-state index in [1.54, 1.807) is 36.3 Å². The number of hydrogen-bond acceptors (Lipinski definition) is 9. The Bertz CT molecular complexity index is 2800. The van der Waals surface area contributed by atoms with E-state index in [2.05, 4.69) is 44.9 Å². The van der Waals surface area contributed by atoms with Crippen LogP contribution in [0.25, 0.3) is 44.2 Å². The first kappa shape index (κ1) is 41.1. The van der Waals surface area contributed by atoms with Crippen LogP contribution in [0.4, 0.5) is 9.59 Å². The first-order valence-corrected chi connectivity index (χ1v) is 21.8. The smallest absolute Gasteiger partial charge is 0.407 e. The van der Waals surface area contributed by atoms with E-state index < -0.39 is 30.3 Å². The second-order valence-electron chi connectivity index (χ2n) is 17.8. The number of imidazole rings is 2. The first-order valence-electron chi connectivity index (χ1n) is 21.8. The highest BCUT2D eigenvalue weighted by molar-refractivity contribution is 6.07. The van der Waals surface area contributed by atoms with Gasteiger partial charge in [-0.15, -0.1) is 0 Å². The van der Waals surface area contributed by atoms with Crippen LogP contribution in [0.15, 0.2) is 79.0 Å². The number of likely N-dealkylation sites (tertiary alicyclic amines) is 2. The third kappa shape index (κ3) is 7.34. The minimum Gasteiger partial charge on any atom is -0.488 e. The molecule has 16 nitrogen and oxygen atoms in total. The van der Waals surface area contributed by atoms with Gasteiger partial charge in [0.15, 0.2) is 0 Å². The number of aromatic amines is 2. The molecule has 7 unspecified atom stereocenters. The minimum atomic E-state index is -1.28. The van der Waals surface area contributed by atoms with Gasteiger partial charge in [-0.3, -0.25) is 9.59 Å². The lowest BCUT2D eigenvalue weighted by Crippen LogP contribution is -2.52. The number of nitrogens with one attached hydrogen (secondary N) is 4. The molecule has 1 aliphatic carbocycles. The van der Waals surface area contributed by atoms with Crippen molar-refractivity contribution in [2.45, 2.75) is 69.9 Å². The average Bonchev–Trinajstić information content (AvgIpc) is 3.76. The summed E-state index contributed by atoms with van der Waals surface area (Å²) in [5.41, 5.74) is 6.97. The van der Waals surface area contributed by atoms with Gasteiger partial charge < -0.3 is 49.7 Å². The molecule has 0 radical (unpaired) electrons. The molecule has 16 heteroatoms. The highest BCUT2D eigenvalue weighted by atomic mass is 16.5. The number of benzene rings is 4. The van der Waals surface area contributed by atoms with Crippen LogP contribution in [-0.4, -0.2) is 98.3 Å². The van der Waals surface area contributed by atoms with Gasteiger partial charge in [0.05, 0.1) is 48.7 Å². The lowest BCUT2D eigenvalue weighted by Gasteiger charge is -2.31. The first-order chi connectivity index (χ1) is 31.0. The Hall–Kier alpha value is -6.94. The van der Waals surface area contributed by atoms with Crippen LogP contribution in [-0.2, 0) is 25.7 Å². The molecule has 4 amide bonds. The summed E-state index contributed by atoms with van der Waals surface area (Å²) in [4.78, 5) is 72.7. The van der Waals surface area contributed by atoms with Crippen molar-refractivity contribution >= 4 is 45.8 Å². The van der Waals surface area contributed by atoms with Crippen molar-refractivity contribution in [3.05, 3.63) is 102 Å². The number of hydrogen-bond donors (Lipinski definition) is 5. The number of nitrogens with zero attached hydrogens (tertiary/aromatic N) is 4. The van der Waals surface area contributed by atoms with Crippen molar-refractivity contribution in [3.63, 3.8) is 0 Å². The van der Waals surface area contributed by atoms with E-state index in [4.69, 9.17) is 24.2 Å². The highest BCUT2D eigenvalue weighted by Gasteiger charge is 2.56. The van der Waals surface area contributed by atoms with Crippen LogP contribution in [0, 0.1) is 17.8 Å². The summed E-state index contributed by atoms with van der Waals surface area (Å²) in [5.74, 6) is 1.95. The van der Waals surface area contributed by atoms with Crippen molar-refractivity contribution in [1.29, 1.82) is 0 Å². The summed E-state index contributed by atoms with van der Waals surface area (Å²) in [5, 5.41) is 16.8. The maximum atomic E-state index is 14.3. The molecule has 5 N–H and O–H groups in total. The summed E-state index contributed by atoms with van der Waals surface area (Å²) < 4.78 is 16.8. The Balaban J connectivity index is 0.915. The number of carboxylic acid groups (broad SMARTS) is 1. The number of piperidine rings is 1. The molecular formula is C48H50N8O8. The molecule has 2 aromatic heterocycles. The van der Waals surface area contributed by atoms with E-state index in [0.717, 1.165) is 74.2 Å². The second kappa shape index (κ2) is 16.3. The van der Waals surface area contributed by atoms with Gasteiger partial charge in [0.2, 0.25) is 5.91 Å². The number of alkyl carbamates (subject to hydrolysis) is 1. The molecule has 330 valence electrons. The number of carbonyl (C=O) groups excluding carboxylic acids is 3. The van der Waals surface area contributed by atoms with Gasteiger partial charge in [0.1, 0.15) is 36.1 Å².